The van der Waals surface area contributed by atoms with Crippen molar-refractivity contribution in [2.24, 2.45) is 5.92 Å². The second-order valence-electron chi connectivity index (χ2n) is 6.92. The van der Waals surface area contributed by atoms with Crippen molar-refractivity contribution < 1.29 is 14.3 Å². The van der Waals surface area contributed by atoms with E-state index in [0.717, 1.165) is 41.7 Å². The molecule has 1 atom stereocenters. The Hall–Kier alpha value is -2.66. The molecule has 1 N–H and O–H groups in total. The number of rotatable bonds is 4. The molecule has 0 bridgehead atoms. The third-order valence-electron chi connectivity index (χ3n) is 5.09. The quantitative estimate of drug-likeness (QED) is 0.770. The van der Waals surface area contributed by atoms with Gasteiger partial charge in [-0.25, -0.2) is 4.39 Å². The van der Waals surface area contributed by atoms with Crippen LogP contribution < -0.4 is 0 Å². The normalized spacial score (nSPS) is 18.3. The Labute approximate surface area is 151 Å². The summed E-state index contributed by atoms with van der Waals surface area (Å²) in [6.45, 7) is 2.09. The van der Waals surface area contributed by atoms with Gasteiger partial charge in [-0.05, 0) is 55.8 Å². The lowest BCUT2D eigenvalue weighted by Crippen LogP contribution is -2.38. The summed E-state index contributed by atoms with van der Waals surface area (Å²) >= 11 is 0. The molecule has 2 heterocycles. The van der Waals surface area contributed by atoms with E-state index in [9.17, 15) is 14.3 Å². The Balaban J connectivity index is 1.73. The maximum atomic E-state index is 13.7. The number of para-hydroxylation sites is 1. The summed E-state index contributed by atoms with van der Waals surface area (Å²) in [5.41, 5.74) is 3.03. The van der Waals surface area contributed by atoms with Gasteiger partial charge in [0, 0.05) is 29.9 Å². The van der Waals surface area contributed by atoms with Crippen LogP contribution in [0.4, 0.5) is 4.39 Å². The fourth-order valence-corrected chi connectivity index (χ4v) is 3.87. The summed E-state index contributed by atoms with van der Waals surface area (Å²) in [6, 6.07) is 16.8. The zero-order valence-electron chi connectivity index (χ0n) is 14.4. The van der Waals surface area contributed by atoms with E-state index in [1.807, 2.05) is 36.4 Å². The maximum Gasteiger partial charge on any atom is 0.307 e. The van der Waals surface area contributed by atoms with Crippen molar-refractivity contribution in [3.05, 3.63) is 66.1 Å². The third kappa shape index (κ3) is 3.22. The fraction of sp³-hybridized carbons (Fsp3) is 0.286. The number of fused-ring (bicyclic) bond motifs is 1. The molecular weight excluding hydrogens is 331 g/mol. The number of likely N-dealkylation sites (tertiary alicyclic amines) is 1. The van der Waals surface area contributed by atoms with Gasteiger partial charge in [-0.3, -0.25) is 9.69 Å². The van der Waals surface area contributed by atoms with Gasteiger partial charge in [-0.15, -0.1) is 0 Å². The van der Waals surface area contributed by atoms with Crippen LogP contribution in [0.3, 0.4) is 0 Å². The van der Waals surface area contributed by atoms with Crippen LogP contribution in [0.15, 0.2) is 54.6 Å². The SMILES string of the molecule is O=C(O)C1CCCN(Cc2cc3cc(F)ccc3n2-c2ccccc2)C1. The number of carboxylic acids is 1. The lowest BCUT2D eigenvalue weighted by molar-refractivity contribution is -0.143. The van der Waals surface area contributed by atoms with Crippen LogP contribution in [-0.2, 0) is 11.3 Å². The molecule has 2 aromatic carbocycles. The highest BCUT2D eigenvalue weighted by atomic mass is 19.1. The molecule has 1 saturated heterocycles. The molecule has 5 heteroatoms. The van der Waals surface area contributed by atoms with Gasteiger partial charge in [0.25, 0.3) is 0 Å². The van der Waals surface area contributed by atoms with Crippen LogP contribution >= 0.6 is 0 Å². The second kappa shape index (κ2) is 6.92. The number of carboxylic acid groups (broad SMARTS) is 1. The zero-order valence-corrected chi connectivity index (χ0v) is 14.4. The lowest BCUT2D eigenvalue weighted by atomic mass is 9.98. The number of piperidine rings is 1. The maximum absolute atomic E-state index is 13.7. The molecule has 1 unspecified atom stereocenters. The van der Waals surface area contributed by atoms with E-state index in [1.165, 1.54) is 6.07 Å². The van der Waals surface area contributed by atoms with E-state index in [1.54, 1.807) is 12.1 Å². The van der Waals surface area contributed by atoms with Gasteiger partial charge >= 0.3 is 5.97 Å². The Morgan fingerprint density at radius 1 is 1.15 bits per heavy atom. The Morgan fingerprint density at radius 2 is 1.96 bits per heavy atom. The van der Waals surface area contributed by atoms with Crippen LogP contribution in [0.25, 0.3) is 16.6 Å². The largest absolute Gasteiger partial charge is 0.481 e. The first-order valence-corrected chi connectivity index (χ1v) is 8.92. The number of benzene rings is 2. The van der Waals surface area contributed by atoms with E-state index in [-0.39, 0.29) is 11.7 Å². The molecule has 0 amide bonds. The van der Waals surface area contributed by atoms with Gasteiger partial charge < -0.3 is 9.67 Å². The number of hydrogen-bond donors (Lipinski definition) is 1. The molecule has 26 heavy (non-hydrogen) atoms. The predicted octanol–water partition coefficient (Wildman–Crippen LogP) is 4.07. The molecule has 3 aromatic rings. The second-order valence-corrected chi connectivity index (χ2v) is 6.92. The van der Waals surface area contributed by atoms with Crippen LogP contribution in [0.2, 0.25) is 0 Å². The number of nitrogens with zero attached hydrogens (tertiary/aromatic N) is 2. The van der Waals surface area contributed by atoms with Crippen LogP contribution in [0, 0.1) is 11.7 Å². The fourth-order valence-electron chi connectivity index (χ4n) is 3.87. The summed E-state index contributed by atoms with van der Waals surface area (Å²) in [7, 11) is 0. The molecule has 4 rings (SSSR count). The summed E-state index contributed by atoms with van der Waals surface area (Å²) in [6.07, 6.45) is 1.62. The number of hydrogen-bond acceptors (Lipinski definition) is 2. The van der Waals surface area contributed by atoms with E-state index in [2.05, 4.69) is 9.47 Å². The van der Waals surface area contributed by atoms with Gasteiger partial charge in [0.1, 0.15) is 5.82 Å². The highest BCUT2D eigenvalue weighted by Gasteiger charge is 2.26. The van der Waals surface area contributed by atoms with E-state index in [0.29, 0.717) is 13.1 Å². The van der Waals surface area contributed by atoms with E-state index in [4.69, 9.17) is 0 Å². The van der Waals surface area contributed by atoms with Crippen LogP contribution in [0.1, 0.15) is 18.5 Å². The zero-order chi connectivity index (χ0) is 18.1. The van der Waals surface area contributed by atoms with Crippen molar-refractivity contribution in [1.29, 1.82) is 0 Å². The Morgan fingerprint density at radius 3 is 2.73 bits per heavy atom. The monoisotopic (exact) mass is 352 g/mol. The Kier molecular flexibility index (Phi) is 4.47. The van der Waals surface area contributed by atoms with E-state index < -0.39 is 5.97 Å². The first-order chi connectivity index (χ1) is 12.6. The minimum Gasteiger partial charge on any atom is -0.481 e. The molecule has 0 saturated carbocycles. The Bertz CT molecular complexity index is 936. The van der Waals surface area contributed by atoms with Crippen molar-refractivity contribution in [1.82, 2.24) is 9.47 Å². The minimum absolute atomic E-state index is 0.252. The van der Waals surface area contributed by atoms with Crippen molar-refractivity contribution >= 4 is 16.9 Å². The lowest BCUT2D eigenvalue weighted by Gasteiger charge is -2.30. The van der Waals surface area contributed by atoms with Crippen LogP contribution in [0.5, 0.6) is 0 Å². The average Bonchev–Trinajstić information content (AvgIpc) is 2.99. The van der Waals surface area contributed by atoms with Gasteiger partial charge in [-0.2, -0.15) is 0 Å². The molecule has 1 aromatic heterocycles. The van der Waals surface area contributed by atoms with Crippen molar-refractivity contribution in [2.45, 2.75) is 19.4 Å². The molecular formula is C21H21FN2O2. The molecule has 0 spiro atoms. The smallest absolute Gasteiger partial charge is 0.307 e. The predicted molar refractivity (Wildman–Crippen MR) is 98.9 cm³/mol. The average molecular weight is 352 g/mol. The van der Waals surface area contributed by atoms with Crippen LogP contribution in [-0.4, -0.2) is 33.6 Å². The van der Waals surface area contributed by atoms with Gasteiger partial charge in [-0.1, -0.05) is 18.2 Å². The molecule has 134 valence electrons. The van der Waals surface area contributed by atoms with E-state index >= 15 is 0 Å². The first kappa shape index (κ1) is 16.8. The van der Waals surface area contributed by atoms with Gasteiger partial charge in [0.15, 0.2) is 0 Å². The summed E-state index contributed by atoms with van der Waals surface area (Å²) in [5, 5.41) is 10.2. The van der Waals surface area contributed by atoms with Crippen molar-refractivity contribution in [3.63, 3.8) is 0 Å². The number of aliphatic carboxylic acids is 1. The number of aromatic nitrogens is 1. The minimum atomic E-state index is -0.722. The van der Waals surface area contributed by atoms with Crippen molar-refractivity contribution in [3.8, 4) is 5.69 Å². The molecule has 4 nitrogen and oxygen atoms in total. The standard InChI is InChI=1S/C21H21FN2O2/c22-17-8-9-20-16(11-17)12-19(24(20)18-6-2-1-3-7-18)14-23-10-4-5-15(13-23)21(25)26/h1-3,6-9,11-12,15H,4-5,10,13-14H2,(H,25,26). The summed E-state index contributed by atoms with van der Waals surface area (Å²) < 4.78 is 15.8. The molecule has 1 aliphatic heterocycles. The molecule has 0 radical (unpaired) electrons. The van der Waals surface area contributed by atoms with Crippen molar-refractivity contribution in [2.75, 3.05) is 13.1 Å². The highest BCUT2D eigenvalue weighted by Crippen LogP contribution is 2.27. The van der Waals surface area contributed by atoms with Gasteiger partial charge in [0.2, 0.25) is 0 Å². The highest BCUT2D eigenvalue weighted by molar-refractivity contribution is 5.83. The first-order valence-electron chi connectivity index (χ1n) is 8.92. The number of halogens is 1. The summed E-state index contributed by atoms with van der Waals surface area (Å²) in [5.74, 6) is -1.28. The topological polar surface area (TPSA) is 45.5 Å². The molecule has 1 aliphatic rings. The molecule has 1 fully saturated rings. The molecule has 0 aliphatic carbocycles. The summed E-state index contributed by atoms with van der Waals surface area (Å²) in [4.78, 5) is 13.5. The third-order valence-corrected chi connectivity index (χ3v) is 5.09. The number of carbonyl (C=O) groups is 1. The van der Waals surface area contributed by atoms with Gasteiger partial charge in [0.05, 0.1) is 11.4 Å².